The van der Waals surface area contributed by atoms with E-state index in [1.54, 1.807) is 6.26 Å². The predicted molar refractivity (Wildman–Crippen MR) is 93.5 cm³/mol. The van der Waals surface area contributed by atoms with Gasteiger partial charge in [0.15, 0.2) is 0 Å². The molecule has 2 aromatic rings. The van der Waals surface area contributed by atoms with Crippen molar-refractivity contribution in [1.29, 1.82) is 0 Å². The molecule has 1 aliphatic heterocycles. The summed E-state index contributed by atoms with van der Waals surface area (Å²) in [5.74, 6) is 2.83. The average molecular weight is 330 g/mol. The van der Waals surface area contributed by atoms with Gasteiger partial charge in [-0.2, -0.15) is 0 Å². The van der Waals surface area contributed by atoms with Crippen molar-refractivity contribution in [2.45, 2.75) is 25.9 Å². The van der Waals surface area contributed by atoms with Crippen LogP contribution in [0.4, 0.5) is 0 Å². The molecule has 1 saturated heterocycles. The first-order valence-electron chi connectivity index (χ1n) is 8.57. The lowest BCUT2D eigenvalue weighted by Crippen LogP contribution is -2.52. The molecule has 0 aliphatic carbocycles. The maximum atomic E-state index is 9.40. The lowest BCUT2D eigenvalue weighted by atomic mass is 10.1. The maximum Gasteiger partial charge on any atom is 0.126 e. The highest BCUT2D eigenvalue weighted by Gasteiger charge is 2.26. The van der Waals surface area contributed by atoms with Crippen LogP contribution >= 0.6 is 0 Å². The van der Waals surface area contributed by atoms with E-state index < -0.39 is 0 Å². The molecule has 1 fully saturated rings. The summed E-state index contributed by atoms with van der Waals surface area (Å²) in [7, 11) is 0. The fourth-order valence-electron chi connectivity index (χ4n) is 3.23. The summed E-state index contributed by atoms with van der Waals surface area (Å²) in [6.45, 7) is 6.86. The molecule has 130 valence electrons. The third-order valence-corrected chi connectivity index (χ3v) is 4.49. The van der Waals surface area contributed by atoms with Gasteiger partial charge in [0.1, 0.15) is 17.3 Å². The van der Waals surface area contributed by atoms with Crippen LogP contribution in [0.15, 0.2) is 45.4 Å². The van der Waals surface area contributed by atoms with Crippen LogP contribution in [0.2, 0.25) is 0 Å². The van der Waals surface area contributed by atoms with E-state index in [4.69, 9.17) is 8.83 Å². The third kappa shape index (κ3) is 4.60. The number of piperazine rings is 1. The van der Waals surface area contributed by atoms with Gasteiger partial charge in [0.05, 0.1) is 12.8 Å². The van der Waals surface area contributed by atoms with Crippen molar-refractivity contribution in [2.75, 3.05) is 32.8 Å². The van der Waals surface area contributed by atoms with E-state index in [0.717, 1.165) is 56.4 Å². The molecule has 1 aliphatic rings. The van der Waals surface area contributed by atoms with Gasteiger partial charge >= 0.3 is 0 Å². The summed E-state index contributed by atoms with van der Waals surface area (Å²) < 4.78 is 11.0. The molecule has 5 heteroatoms. The topological polar surface area (TPSA) is 53.0 Å². The Kier molecular flexibility index (Phi) is 5.91. The molecule has 0 radical (unpaired) electrons. The molecule has 5 nitrogen and oxygen atoms in total. The second-order valence-electron chi connectivity index (χ2n) is 6.33. The molecule has 1 unspecified atom stereocenters. The minimum Gasteiger partial charge on any atom is -0.465 e. The minimum atomic E-state index is 0.217. The summed E-state index contributed by atoms with van der Waals surface area (Å²) in [5, 5.41) is 9.40. The van der Waals surface area contributed by atoms with Crippen molar-refractivity contribution in [1.82, 2.24) is 9.80 Å². The Hall–Kier alpha value is -1.82. The first kappa shape index (κ1) is 17.0. The number of rotatable bonds is 7. The van der Waals surface area contributed by atoms with E-state index in [9.17, 15) is 5.11 Å². The molecule has 0 spiro atoms. The van der Waals surface area contributed by atoms with Crippen molar-refractivity contribution in [3.05, 3.63) is 53.9 Å². The van der Waals surface area contributed by atoms with Crippen LogP contribution in [0.3, 0.4) is 0 Å². The lowest BCUT2D eigenvalue weighted by molar-refractivity contribution is 0.0547. The van der Waals surface area contributed by atoms with Gasteiger partial charge in [-0.3, -0.25) is 9.80 Å². The predicted octanol–water partition coefficient (Wildman–Crippen LogP) is 2.76. The zero-order valence-corrected chi connectivity index (χ0v) is 14.2. The number of furan rings is 2. The van der Waals surface area contributed by atoms with Gasteiger partial charge in [0.25, 0.3) is 0 Å². The quantitative estimate of drug-likeness (QED) is 0.846. The van der Waals surface area contributed by atoms with Gasteiger partial charge in [-0.15, -0.1) is 0 Å². The normalized spacial score (nSPS) is 20.2. The minimum absolute atomic E-state index is 0.217. The van der Waals surface area contributed by atoms with Crippen LogP contribution in [-0.2, 0) is 6.54 Å². The Balaban J connectivity index is 1.54. The molecule has 0 amide bonds. The molecule has 3 heterocycles. The van der Waals surface area contributed by atoms with Gasteiger partial charge in [-0.25, -0.2) is 0 Å². The highest BCUT2D eigenvalue weighted by molar-refractivity contribution is 5.42. The number of hydrogen-bond acceptors (Lipinski definition) is 5. The lowest BCUT2D eigenvalue weighted by Gasteiger charge is -2.40. The van der Waals surface area contributed by atoms with E-state index in [1.807, 2.05) is 37.3 Å². The maximum absolute atomic E-state index is 9.40. The van der Waals surface area contributed by atoms with Crippen molar-refractivity contribution < 1.29 is 13.9 Å². The van der Waals surface area contributed by atoms with Gasteiger partial charge in [0.2, 0.25) is 0 Å². The van der Waals surface area contributed by atoms with E-state index >= 15 is 0 Å². The SMILES string of the molecule is Cc1ccc(CN2CCN(CC=Cc3ccco3)CC2CCO)o1. The van der Waals surface area contributed by atoms with Crippen LogP contribution in [0, 0.1) is 6.92 Å². The van der Waals surface area contributed by atoms with E-state index in [1.165, 1.54) is 0 Å². The third-order valence-electron chi connectivity index (χ3n) is 4.49. The summed E-state index contributed by atoms with van der Waals surface area (Å²) in [4.78, 5) is 4.84. The molecule has 0 saturated carbocycles. The zero-order valence-electron chi connectivity index (χ0n) is 14.2. The van der Waals surface area contributed by atoms with E-state index in [-0.39, 0.29) is 6.61 Å². The van der Waals surface area contributed by atoms with Crippen LogP contribution < -0.4 is 0 Å². The zero-order chi connectivity index (χ0) is 16.8. The smallest absolute Gasteiger partial charge is 0.126 e. The number of hydrogen-bond donors (Lipinski definition) is 1. The fourth-order valence-corrected chi connectivity index (χ4v) is 3.23. The van der Waals surface area contributed by atoms with E-state index in [0.29, 0.717) is 6.04 Å². The first-order chi connectivity index (χ1) is 11.7. The number of nitrogens with zero attached hydrogens (tertiary/aromatic N) is 2. The van der Waals surface area contributed by atoms with Crippen LogP contribution in [0.5, 0.6) is 0 Å². The summed E-state index contributed by atoms with van der Waals surface area (Å²) in [5.41, 5.74) is 0. The summed E-state index contributed by atoms with van der Waals surface area (Å²) >= 11 is 0. The monoisotopic (exact) mass is 330 g/mol. The summed E-state index contributed by atoms with van der Waals surface area (Å²) in [6, 6.07) is 8.25. The Bertz CT molecular complexity index is 633. The largest absolute Gasteiger partial charge is 0.465 e. The Morgan fingerprint density at radius 3 is 2.92 bits per heavy atom. The number of aliphatic hydroxyl groups is 1. The Labute approximate surface area is 143 Å². The standard InChI is InChI=1S/C19H26N2O3/c1-16-6-7-19(24-16)15-21-11-10-20(14-17(21)8-12-22)9-2-4-18-5-3-13-23-18/h2-7,13,17,22H,8-12,14-15H2,1H3. The molecule has 0 aromatic carbocycles. The van der Waals surface area contributed by atoms with Crippen molar-refractivity contribution >= 4 is 6.08 Å². The average Bonchev–Trinajstić information content (AvgIpc) is 3.22. The Morgan fingerprint density at radius 1 is 1.29 bits per heavy atom. The van der Waals surface area contributed by atoms with Gasteiger partial charge in [-0.05, 0) is 43.7 Å². The van der Waals surface area contributed by atoms with Gasteiger partial charge in [0, 0.05) is 38.8 Å². The van der Waals surface area contributed by atoms with Gasteiger partial charge < -0.3 is 13.9 Å². The van der Waals surface area contributed by atoms with Crippen LogP contribution in [-0.4, -0.2) is 53.7 Å². The van der Waals surface area contributed by atoms with E-state index in [2.05, 4.69) is 15.9 Å². The molecular formula is C19H26N2O3. The second-order valence-corrected chi connectivity index (χ2v) is 6.33. The second kappa shape index (κ2) is 8.33. The molecular weight excluding hydrogens is 304 g/mol. The molecule has 3 rings (SSSR count). The fraction of sp³-hybridized carbons (Fsp3) is 0.474. The van der Waals surface area contributed by atoms with Gasteiger partial charge in [-0.1, -0.05) is 6.08 Å². The van der Waals surface area contributed by atoms with Crippen molar-refractivity contribution in [2.24, 2.45) is 0 Å². The molecule has 2 aromatic heterocycles. The molecule has 0 bridgehead atoms. The number of aliphatic hydroxyl groups excluding tert-OH is 1. The highest BCUT2D eigenvalue weighted by atomic mass is 16.3. The Morgan fingerprint density at radius 2 is 2.21 bits per heavy atom. The highest BCUT2D eigenvalue weighted by Crippen LogP contribution is 2.18. The first-order valence-corrected chi connectivity index (χ1v) is 8.57. The summed E-state index contributed by atoms with van der Waals surface area (Å²) in [6.07, 6.45) is 6.63. The van der Waals surface area contributed by atoms with Crippen molar-refractivity contribution in [3.8, 4) is 0 Å². The molecule has 24 heavy (non-hydrogen) atoms. The molecule has 1 N–H and O–H groups in total. The van der Waals surface area contributed by atoms with Crippen LogP contribution in [0.25, 0.3) is 6.08 Å². The number of aryl methyl sites for hydroxylation is 1. The molecule has 1 atom stereocenters. The van der Waals surface area contributed by atoms with Crippen LogP contribution in [0.1, 0.15) is 23.7 Å². The van der Waals surface area contributed by atoms with Crippen molar-refractivity contribution in [3.63, 3.8) is 0 Å².